The van der Waals surface area contributed by atoms with Gasteiger partial charge in [0, 0.05) is 12.1 Å². The number of fused-ring (bicyclic) bond motifs is 2. The maximum atomic E-state index is 12.1. The van der Waals surface area contributed by atoms with Crippen molar-refractivity contribution in [1.29, 1.82) is 0 Å². The van der Waals surface area contributed by atoms with Crippen molar-refractivity contribution in [1.82, 2.24) is 0 Å². The summed E-state index contributed by atoms with van der Waals surface area (Å²) in [6, 6.07) is 5.57. The van der Waals surface area contributed by atoms with Crippen LogP contribution in [0.5, 0.6) is 0 Å². The van der Waals surface area contributed by atoms with E-state index >= 15 is 0 Å². The minimum Gasteiger partial charge on any atom is -0.462 e. The number of ether oxygens (including phenoxy) is 1. The molecule has 124 valence electrons. The number of esters is 1. The summed E-state index contributed by atoms with van der Waals surface area (Å²) in [6.45, 7) is 7.47. The van der Waals surface area contributed by atoms with Crippen molar-refractivity contribution >= 4 is 11.7 Å². The number of hydrogen-bond acceptors (Lipinski definition) is 4. The van der Waals surface area contributed by atoms with Crippen LogP contribution >= 0.6 is 0 Å². The van der Waals surface area contributed by atoms with E-state index < -0.39 is 10.9 Å². The van der Waals surface area contributed by atoms with Gasteiger partial charge in [-0.3, -0.25) is 10.1 Å². The van der Waals surface area contributed by atoms with Gasteiger partial charge in [-0.1, -0.05) is 20.8 Å². The molecular weight excluding hydrogens is 294 g/mol. The van der Waals surface area contributed by atoms with Crippen molar-refractivity contribution in [2.24, 2.45) is 22.7 Å². The zero-order valence-corrected chi connectivity index (χ0v) is 13.9. The number of hydrogen-bond donors (Lipinski definition) is 0. The Kier molecular flexibility index (Phi) is 3.69. The molecule has 3 atom stereocenters. The summed E-state index contributed by atoms with van der Waals surface area (Å²) in [7, 11) is 0. The number of nitro benzene ring substituents is 1. The third kappa shape index (κ3) is 2.52. The van der Waals surface area contributed by atoms with Crippen LogP contribution in [0.3, 0.4) is 0 Å². The average molecular weight is 317 g/mol. The summed E-state index contributed by atoms with van der Waals surface area (Å²) in [6.07, 6.45) is 3.58. The summed E-state index contributed by atoms with van der Waals surface area (Å²) >= 11 is 0. The van der Waals surface area contributed by atoms with Crippen LogP contribution in [-0.2, 0) is 4.74 Å². The van der Waals surface area contributed by atoms with E-state index in [2.05, 4.69) is 20.8 Å². The Morgan fingerprint density at radius 2 is 1.96 bits per heavy atom. The number of rotatable bonds is 4. The Balaban J connectivity index is 1.61. The monoisotopic (exact) mass is 317 g/mol. The molecule has 2 aliphatic rings. The molecule has 2 aliphatic carbocycles. The molecule has 0 heterocycles. The smallest absolute Gasteiger partial charge is 0.338 e. The van der Waals surface area contributed by atoms with Crippen LogP contribution in [0, 0.1) is 32.8 Å². The lowest BCUT2D eigenvalue weighted by atomic mass is 9.71. The van der Waals surface area contributed by atoms with Crippen molar-refractivity contribution in [2.45, 2.75) is 40.0 Å². The molecule has 0 aliphatic heterocycles. The molecule has 2 fully saturated rings. The van der Waals surface area contributed by atoms with Crippen LogP contribution in [0.2, 0.25) is 0 Å². The first-order chi connectivity index (χ1) is 10.7. The fourth-order valence-electron chi connectivity index (χ4n) is 4.68. The Labute approximate surface area is 136 Å². The Bertz CT molecular complexity index is 634. The summed E-state index contributed by atoms with van der Waals surface area (Å²) < 4.78 is 5.49. The standard InChI is InChI=1S/C18H23NO4/c1-17(2)15-8-9-18(17,3)10-13(15)11-23-16(20)12-4-6-14(7-5-12)19(21)22/h4-7,13,15H,8-11H2,1-3H3. The highest BCUT2D eigenvalue weighted by Crippen LogP contribution is 2.67. The average Bonchev–Trinajstić information content (AvgIpc) is 2.85. The highest BCUT2D eigenvalue weighted by Gasteiger charge is 2.60. The molecule has 3 unspecified atom stereocenters. The maximum Gasteiger partial charge on any atom is 0.338 e. The topological polar surface area (TPSA) is 69.4 Å². The van der Waals surface area contributed by atoms with E-state index in [9.17, 15) is 14.9 Å². The molecular formula is C18H23NO4. The van der Waals surface area contributed by atoms with Crippen molar-refractivity contribution in [3.05, 3.63) is 39.9 Å². The molecule has 2 saturated carbocycles. The van der Waals surface area contributed by atoms with Crippen LogP contribution < -0.4 is 0 Å². The lowest BCUT2D eigenvalue weighted by molar-refractivity contribution is -0.384. The molecule has 3 rings (SSSR count). The Morgan fingerprint density at radius 3 is 2.43 bits per heavy atom. The van der Waals surface area contributed by atoms with E-state index in [0.717, 1.165) is 6.42 Å². The van der Waals surface area contributed by atoms with Gasteiger partial charge in [-0.2, -0.15) is 0 Å². The van der Waals surface area contributed by atoms with Crippen LogP contribution in [0.15, 0.2) is 24.3 Å². The number of benzene rings is 1. The molecule has 23 heavy (non-hydrogen) atoms. The first kappa shape index (κ1) is 16.0. The van der Waals surface area contributed by atoms with Crippen molar-refractivity contribution in [2.75, 3.05) is 6.61 Å². The Hall–Kier alpha value is -1.91. The van der Waals surface area contributed by atoms with Crippen LogP contribution in [0.25, 0.3) is 0 Å². The summed E-state index contributed by atoms with van der Waals surface area (Å²) in [5, 5.41) is 10.6. The maximum absolute atomic E-state index is 12.1. The molecule has 5 nitrogen and oxygen atoms in total. The SMILES string of the molecule is CC12CCC(C(COC(=O)c3ccc([N+](=O)[O-])cc3)C1)C2(C)C. The fourth-order valence-corrected chi connectivity index (χ4v) is 4.68. The first-order valence-corrected chi connectivity index (χ1v) is 8.16. The molecule has 5 heteroatoms. The van der Waals surface area contributed by atoms with E-state index in [-0.39, 0.29) is 5.69 Å². The minimum atomic E-state index is -0.479. The van der Waals surface area contributed by atoms with Gasteiger partial charge in [-0.05, 0) is 54.1 Å². The van der Waals surface area contributed by atoms with Gasteiger partial charge in [0.15, 0.2) is 0 Å². The second-order valence-corrected chi connectivity index (χ2v) is 7.79. The Morgan fingerprint density at radius 1 is 1.30 bits per heavy atom. The predicted octanol–water partition coefficient (Wildman–Crippen LogP) is 4.21. The van der Waals surface area contributed by atoms with Crippen molar-refractivity contribution in [3.8, 4) is 0 Å². The lowest BCUT2D eigenvalue weighted by Crippen LogP contribution is -2.26. The van der Waals surface area contributed by atoms with Crippen molar-refractivity contribution < 1.29 is 14.5 Å². The van der Waals surface area contributed by atoms with E-state index in [0.29, 0.717) is 34.8 Å². The zero-order chi connectivity index (χ0) is 16.8. The van der Waals surface area contributed by atoms with Gasteiger partial charge in [0.2, 0.25) is 0 Å². The molecule has 0 N–H and O–H groups in total. The van der Waals surface area contributed by atoms with E-state index in [1.54, 1.807) is 0 Å². The summed E-state index contributed by atoms with van der Waals surface area (Å²) in [5.74, 6) is 0.633. The van der Waals surface area contributed by atoms with Crippen molar-refractivity contribution in [3.63, 3.8) is 0 Å². The summed E-state index contributed by atoms with van der Waals surface area (Å²) in [4.78, 5) is 22.3. The second-order valence-electron chi connectivity index (χ2n) is 7.79. The van der Waals surface area contributed by atoms with Crippen LogP contribution in [-0.4, -0.2) is 17.5 Å². The quantitative estimate of drug-likeness (QED) is 0.474. The van der Waals surface area contributed by atoms with Gasteiger partial charge < -0.3 is 4.74 Å². The molecule has 0 spiro atoms. The number of nitro groups is 1. The zero-order valence-electron chi connectivity index (χ0n) is 13.9. The number of carbonyl (C=O) groups is 1. The molecule has 1 aromatic carbocycles. The number of nitrogens with zero attached hydrogens (tertiary/aromatic N) is 1. The first-order valence-electron chi connectivity index (χ1n) is 8.16. The normalized spacial score (nSPS) is 31.1. The highest BCUT2D eigenvalue weighted by atomic mass is 16.6. The van der Waals surface area contributed by atoms with E-state index in [1.165, 1.54) is 37.1 Å². The van der Waals surface area contributed by atoms with Gasteiger partial charge in [-0.15, -0.1) is 0 Å². The molecule has 0 radical (unpaired) electrons. The molecule has 1 aromatic rings. The third-order valence-electron chi connectivity index (χ3n) is 6.51. The predicted molar refractivity (Wildman–Crippen MR) is 86.1 cm³/mol. The second kappa shape index (κ2) is 5.32. The third-order valence-corrected chi connectivity index (χ3v) is 6.51. The molecule has 0 amide bonds. The van der Waals surface area contributed by atoms with Gasteiger partial charge in [0.05, 0.1) is 17.1 Å². The van der Waals surface area contributed by atoms with Crippen LogP contribution in [0.1, 0.15) is 50.4 Å². The minimum absolute atomic E-state index is 0.0238. The van der Waals surface area contributed by atoms with Crippen LogP contribution in [0.4, 0.5) is 5.69 Å². The van der Waals surface area contributed by atoms with Gasteiger partial charge in [0.1, 0.15) is 0 Å². The molecule has 2 bridgehead atoms. The molecule has 0 saturated heterocycles. The number of non-ortho nitro benzene ring substituents is 1. The number of carbonyl (C=O) groups excluding carboxylic acids is 1. The van der Waals surface area contributed by atoms with Gasteiger partial charge in [0.25, 0.3) is 5.69 Å². The summed E-state index contributed by atoms with van der Waals surface area (Å²) in [5.41, 5.74) is 0.994. The lowest BCUT2D eigenvalue weighted by Gasteiger charge is -2.34. The van der Waals surface area contributed by atoms with E-state index in [4.69, 9.17) is 4.74 Å². The largest absolute Gasteiger partial charge is 0.462 e. The van der Waals surface area contributed by atoms with Gasteiger partial charge >= 0.3 is 5.97 Å². The van der Waals surface area contributed by atoms with Gasteiger partial charge in [-0.25, -0.2) is 4.79 Å². The fraction of sp³-hybridized carbons (Fsp3) is 0.611. The highest BCUT2D eigenvalue weighted by molar-refractivity contribution is 5.89. The molecule has 0 aromatic heterocycles. The van der Waals surface area contributed by atoms with E-state index in [1.807, 2.05) is 0 Å².